The third kappa shape index (κ3) is 10.9. The van der Waals surface area contributed by atoms with Gasteiger partial charge in [0.15, 0.2) is 0 Å². The van der Waals surface area contributed by atoms with Gasteiger partial charge in [-0.25, -0.2) is 9.48 Å². The van der Waals surface area contributed by atoms with Gasteiger partial charge in [0.05, 0.1) is 24.6 Å². The van der Waals surface area contributed by atoms with Crippen LogP contribution in [0.4, 0.5) is 17.6 Å². The Labute approximate surface area is 401 Å². The minimum Gasteiger partial charge on any atom is -0.464 e. The number of ether oxygens (including phenoxy) is 2. The van der Waals surface area contributed by atoms with Crippen LogP contribution in [0.25, 0.3) is 0 Å². The highest BCUT2D eigenvalue weighted by molar-refractivity contribution is 8.01. The number of amides is 3. The van der Waals surface area contributed by atoms with Crippen molar-refractivity contribution in [3.8, 4) is 0 Å². The summed E-state index contributed by atoms with van der Waals surface area (Å²) >= 11 is 1.28. The molecular weight excluding hydrogens is 926 g/mol. The van der Waals surface area contributed by atoms with Gasteiger partial charge in [-0.1, -0.05) is 56.3 Å². The predicted molar refractivity (Wildman–Crippen MR) is 248 cm³/mol. The minimum absolute atomic E-state index is 0.0243. The topological polar surface area (TPSA) is 147 Å². The molecule has 0 radical (unpaired) electrons. The Bertz CT molecular complexity index is 2230. The van der Waals surface area contributed by atoms with Gasteiger partial charge in [0.2, 0.25) is 23.6 Å². The molecule has 2 N–H and O–H groups in total. The van der Waals surface area contributed by atoms with Crippen LogP contribution < -0.4 is 10.4 Å². The lowest BCUT2D eigenvalue weighted by Gasteiger charge is -2.47. The lowest BCUT2D eigenvalue weighted by atomic mass is 9.85. The quantitative estimate of drug-likeness (QED) is 0.0893. The second kappa shape index (κ2) is 20.3. The van der Waals surface area contributed by atoms with Crippen LogP contribution in [0.5, 0.6) is 0 Å². The number of alkyl halides is 4. The van der Waals surface area contributed by atoms with Crippen molar-refractivity contribution < 1.29 is 55.3 Å². The average Bonchev–Trinajstić information content (AvgIpc) is 3.56. The standard InChI is InChI=1S/C49H66F4N5O8PS/c1-6-21-64-46(62)47(3,4)55-67(63,65-22-7-2)42(50)31-13-18-40-32(23-31)24-41(68-40)43(59)54-38-16-14-34(56(5)36-26-37(27-36)66-49(51,52)53)25-35-15-17-39(58(35)44(38)60)45(61)57-29-33(28-48(57)19-20-48)30-11-9-8-10-12-30/h8-13,18,23,33-39,41-42H,6-7,14-17,19-22,24-29H2,1-5H3,(H,54,59)(H,55,63)/t33-,34+,35-,36?,37?,38+,39+,41?,42-,67?/m1/s1. The molecule has 374 valence electrons. The van der Waals surface area contributed by atoms with Crippen LogP contribution in [0, 0.1) is 0 Å². The summed E-state index contributed by atoms with van der Waals surface area (Å²) in [6.07, 6.45) is 1.03. The predicted octanol–water partition coefficient (Wildman–Crippen LogP) is 8.56. The van der Waals surface area contributed by atoms with E-state index >= 15 is 4.39 Å². The fraction of sp³-hybridized carbons (Fsp3) is 0.673. The number of carbonyl (C=O) groups excluding carboxylic acids is 4. The summed E-state index contributed by atoms with van der Waals surface area (Å²) in [6, 6.07) is 12.6. The van der Waals surface area contributed by atoms with Gasteiger partial charge >= 0.3 is 19.9 Å². The number of carbonyl (C=O) groups is 4. The Morgan fingerprint density at radius 1 is 0.971 bits per heavy atom. The van der Waals surface area contributed by atoms with Gasteiger partial charge in [-0.05, 0) is 127 Å². The first-order valence-corrected chi connectivity index (χ1v) is 26.9. The number of nitrogens with zero attached hydrogens (tertiary/aromatic N) is 3. The number of fused-ring (bicyclic) bond motifs is 2. The van der Waals surface area contributed by atoms with Crippen LogP contribution in [-0.2, 0) is 44.2 Å². The molecule has 2 aliphatic carbocycles. The minimum atomic E-state index is -4.72. The van der Waals surface area contributed by atoms with Crippen molar-refractivity contribution >= 4 is 43.0 Å². The molecule has 3 saturated heterocycles. The molecule has 2 unspecified atom stereocenters. The summed E-state index contributed by atoms with van der Waals surface area (Å²) in [7, 11) is -2.46. The van der Waals surface area contributed by atoms with E-state index in [0.29, 0.717) is 50.6 Å². The third-order valence-corrected chi connectivity index (χ3v) is 18.6. The van der Waals surface area contributed by atoms with E-state index in [1.165, 1.54) is 37.2 Å². The zero-order valence-corrected chi connectivity index (χ0v) is 41.3. The van der Waals surface area contributed by atoms with E-state index in [0.717, 1.165) is 24.2 Å². The molecule has 4 aliphatic heterocycles. The van der Waals surface area contributed by atoms with Gasteiger partial charge in [-0.3, -0.25) is 28.5 Å². The first kappa shape index (κ1) is 50.8. The largest absolute Gasteiger partial charge is 0.522 e. The van der Waals surface area contributed by atoms with Crippen LogP contribution in [-0.4, -0.2) is 124 Å². The van der Waals surface area contributed by atoms with E-state index in [4.69, 9.17) is 9.26 Å². The van der Waals surface area contributed by atoms with Crippen molar-refractivity contribution in [1.29, 1.82) is 0 Å². The summed E-state index contributed by atoms with van der Waals surface area (Å²) in [4.78, 5) is 63.6. The molecule has 2 saturated carbocycles. The lowest BCUT2D eigenvalue weighted by molar-refractivity contribution is -0.354. The van der Waals surface area contributed by atoms with E-state index in [1.54, 1.807) is 24.0 Å². The second-order valence-corrected chi connectivity index (χ2v) is 23.7. The first-order valence-electron chi connectivity index (χ1n) is 24.3. The van der Waals surface area contributed by atoms with Crippen molar-refractivity contribution in [2.24, 2.45) is 0 Å². The maximum absolute atomic E-state index is 16.6. The van der Waals surface area contributed by atoms with E-state index in [1.807, 2.05) is 37.1 Å². The second-order valence-electron chi connectivity index (χ2n) is 20.3. The van der Waals surface area contributed by atoms with E-state index in [2.05, 4.69) is 32.2 Å². The Morgan fingerprint density at radius 3 is 2.37 bits per heavy atom. The van der Waals surface area contributed by atoms with Crippen molar-refractivity contribution in [1.82, 2.24) is 25.1 Å². The Balaban J connectivity index is 0.989. The summed E-state index contributed by atoms with van der Waals surface area (Å²) in [5, 5.41) is 5.04. The molecule has 1 spiro atoms. The van der Waals surface area contributed by atoms with Crippen LogP contribution >= 0.6 is 19.3 Å². The number of esters is 1. The highest BCUT2D eigenvalue weighted by atomic mass is 32.2. The summed E-state index contributed by atoms with van der Waals surface area (Å²) < 4.78 is 85.2. The zero-order valence-electron chi connectivity index (χ0n) is 39.6. The van der Waals surface area contributed by atoms with Gasteiger partial charge < -0.3 is 29.3 Å². The van der Waals surface area contributed by atoms with Gasteiger partial charge in [0.25, 0.3) is 0 Å². The fourth-order valence-electron chi connectivity index (χ4n) is 11.1. The van der Waals surface area contributed by atoms with Gasteiger partial charge in [0.1, 0.15) is 17.6 Å². The molecule has 68 heavy (non-hydrogen) atoms. The van der Waals surface area contributed by atoms with Crippen LogP contribution in [0.3, 0.4) is 0 Å². The van der Waals surface area contributed by atoms with Gasteiger partial charge in [-0.2, -0.15) is 0 Å². The molecule has 2 aromatic rings. The molecule has 19 heteroatoms. The molecule has 4 heterocycles. The van der Waals surface area contributed by atoms with Gasteiger partial charge in [-0.15, -0.1) is 24.9 Å². The molecule has 8 rings (SSSR count). The zero-order chi connectivity index (χ0) is 48.8. The van der Waals surface area contributed by atoms with Crippen molar-refractivity contribution in [3.05, 3.63) is 65.2 Å². The average molecular weight is 992 g/mol. The molecule has 8 atom stereocenters. The van der Waals surface area contributed by atoms with Gasteiger partial charge in [0, 0.05) is 41.0 Å². The monoisotopic (exact) mass is 991 g/mol. The molecule has 3 amide bonds. The number of likely N-dealkylation sites (tertiary alicyclic amines) is 1. The lowest BCUT2D eigenvalue weighted by Crippen LogP contribution is -2.60. The number of benzene rings is 2. The molecule has 0 aromatic heterocycles. The summed E-state index contributed by atoms with van der Waals surface area (Å²) in [5.74, 6) is -3.44. The molecule has 0 bridgehead atoms. The maximum Gasteiger partial charge on any atom is 0.522 e. The summed E-state index contributed by atoms with van der Waals surface area (Å²) in [6.45, 7) is 7.24. The van der Waals surface area contributed by atoms with E-state index in [9.17, 15) is 36.9 Å². The number of hydrogen-bond acceptors (Lipinski definition) is 10. The Morgan fingerprint density at radius 2 is 1.69 bits per heavy atom. The fourth-order valence-corrected chi connectivity index (χ4v) is 14.4. The van der Waals surface area contributed by atoms with Crippen LogP contribution in [0.2, 0.25) is 0 Å². The molecule has 13 nitrogen and oxygen atoms in total. The Hall–Kier alpha value is -3.54. The first-order chi connectivity index (χ1) is 32.2. The highest BCUT2D eigenvalue weighted by Crippen LogP contribution is 2.60. The number of nitrogens with one attached hydrogen (secondary N) is 2. The number of thioether (sulfide) groups is 1. The molecule has 5 fully saturated rings. The normalized spacial score (nSPS) is 29.1. The third-order valence-electron chi connectivity index (χ3n) is 15.0. The van der Waals surface area contributed by atoms with Crippen LogP contribution in [0.15, 0.2) is 53.4 Å². The Kier molecular flexibility index (Phi) is 15.2. The smallest absolute Gasteiger partial charge is 0.464 e. The van der Waals surface area contributed by atoms with Crippen molar-refractivity contribution in [2.75, 3.05) is 26.8 Å². The molecule has 2 aromatic carbocycles. The van der Waals surface area contributed by atoms with Crippen molar-refractivity contribution in [2.45, 2.75) is 187 Å². The number of halogens is 4. The van der Waals surface area contributed by atoms with Crippen molar-refractivity contribution in [3.63, 3.8) is 0 Å². The molecular formula is C49H66F4N5O8PS. The van der Waals surface area contributed by atoms with E-state index in [-0.39, 0.29) is 85.9 Å². The number of hydrogen-bond donors (Lipinski definition) is 2. The highest BCUT2D eigenvalue weighted by Gasteiger charge is 2.59. The maximum atomic E-state index is 16.6. The van der Waals surface area contributed by atoms with E-state index < -0.39 is 60.6 Å². The summed E-state index contributed by atoms with van der Waals surface area (Å²) in [5.41, 5.74) is 0.124. The molecule has 6 aliphatic rings. The SMILES string of the molecule is CCCOC(=O)C(C)(C)NP(=O)(OCCC)[C@@H](F)c1ccc2c(c1)CC(C(=O)N[C@H]1CC[C@H](N(C)C3CC(OC(F)(F)F)C3)C[C@H]3CC[C@@H](C(=O)N4C[C@H](c5ccccc5)CC45CC5)N3C1=O)S2. The van der Waals surface area contributed by atoms with Crippen LogP contribution in [0.1, 0.15) is 133 Å². The number of rotatable bonds is 17.